The average Bonchev–Trinajstić information content (AvgIpc) is 2.71. The normalized spacial score (nSPS) is 15.9. The van der Waals surface area contributed by atoms with Crippen LogP contribution < -0.4 is 0 Å². The second kappa shape index (κ2) is 19.4. The van der Waals surface area contributed by atoms with Crippen LogP contribution in [0.3, 0.4) is 0 Å². The van der Waals surface area contributed by atoms with E-state index in [0.29, 0.717) is 12.1 Å². The highest BCUT2D eigenvalue weighted by Crippen LogP contribution is 2.38. The van der Waals surface area contributed by atoms with Crippen LogP contribution in [0.1, 0.15) is 0 Å². The summed E-state index contributed by atoms with van der Waals surface area (Å²) in [5, 5.41) is 0. The van der Waals surface area contributed by atoms with Crippen molar-refractivity contribution in [1.82, 2.24) is 0 Å². The molecule has 0 aliphatic heterocycles. The van der Waals surface area contributed by atoms with Crippen molar-refractivity contribution >= 4 is 110 Å². The predicted octanol–water partition coefficient (Wildman–Crippen LogP) is 12.6. The van der Waals surface area contributed by atoms with Crippen molar-refractivity contribution < 1.29 is 41.2 Å². The summed E-state index contributed by atoms with van der Waals surface area (Å²) in [6.07, 6.45) is 0. The summed E-state index contributed by atoms with van der Waals surface area (Å²) in [4.78, 5) is 0. The quantitative estimate of drug-likeness (QED) is 0.0780. The van der Waals surface area contributed by atoms with E-state index in [9.17, 15) is 0 Å². The summed E-state index contributed by atoms with van der Waals surface area (Å²) in [6, 6.07) is 3.00. The molecule has 0 spiro atoms. The van der Waals surface area contributed by atoms with Gasteiger partial charge in [-0.1, -0.05) is 0 Å². The van der Waals surface area contributed by atoms with Crippen molar-refractivity contribution in [2.24, 2.45) is 0 Å². The van der Waals surface area contributed by atoms with Gasteiger partial charge in [0.05, 0.1) is 0 Å². The Kier molecular flexibility index (Phi) is 20.3. The van der Waals surface area contributed by atoms with E-state index in [1.807, 2.05) is 0 Å². The molecule has 332 valence electrons. The fourth-order valence-electron chi connectivity index (χ4n) is 5.79. The van der Waals surface area contributed by atoms with Crippen LogP contribution in [-0.4, -0.2) is 110 Å². The summed E-state index contributed by atoms with van der Waals surface area (Å²) in [5.41, 5.74) is 0. The molecule has 0 saturated heterocycles. The first-order valence-electron chi connectivity index (χ1n) is 20.5. The summed E-state index contributed by atoms with van der Waals surface area (Å²) in [6.45, 7) is 62.8. The zero-order chi connectivity index (χ0) is 44.4. The standard InChI is InChI=1S/C32H92O10Si13/c1-43(2,3)33-53(34-44(4,5)6,35-45(7,8)9)31-29-51(25,26)41-55(39-49(19,20)21,40-50(22,23)24)42-52(27,28)30-32-54(36-46(10,11)12,37-47(13,14)15)38-48(16,17)18/h29-32H2,1-28H3. The van der Waals surface area contributed by atoms with Crippen LogP contribution in [0.4, 0.5) is 0 Å². The SMILES string of the molecule is C[Si](C)(C)O[Si](CC[Si](C)(C)O[Si](O[Si](C)(C)C)(O[Si](C)(C)C)O[Si](C)(C)CC[Si](O[Si](C)(C)C)(O[Si](C)(C)C)O[Si](C)(C)C)(O[Si](C)(C)C)O[Si](C)(C)C. The van der Waals surface area contributed by atoms with E-state index in [1.54, 1.807) is 0 Å². The van der Waals surface area contributed by atoms with Crippen LogP contribution >= 0.6 is 0 Å². The lowest BCUT2D eigenvalue weighted by molar-refractivity contribution is 0.146. The van der Waals surface area contributed by atoms with E-state index in [4.69, 9.17) is 41.2 Å². The molecule has 0 N–H and O–H groups in total. The highest BCUT2D eigenvalue weighted by molar-refractivity contribution is 6.95. The molecule has 0 aromatic rings. The summed E-state index contributed by atoms with van der Waals surface area (Å²) >= 11 is 0. The first kappa shape index (κ1) is 57.4. The highest BCUT2D eigenvalue weighted by Gasteiger charge is 2.59. The molecular weight excluding hydrogens is 909 g/mol. The Morgan fingerprint density at radius 2 is 0.364 bits per heavy atom. The zero-order valence-corrected chi connectivity index (χ0v) is 54.4. The molecule has 0 aliphatic carbocycles. The van der Waals surface area contributed by atoms with Gasteiger partial charge in [0.2, 0.25) is 0 Å². The van der Waals surface area contributed by atoms with Crippen molar-refractivity contribution in [2.75, 3.05) is 0 Å². The van der Waals surface area contributed by atoms with Gasteiger partial charge in [-0.25, -0.2) is 0 Å². The number of hydrogen-bond donors (Lipinski definition) is 0. The third kappa shape index (κ3) is 28.6. The van der Waals surface area contributed by atoms with E-state index >= 15 is 0 Å². The molecule has 0 atom stereocenters. The molecule has 0 amide bonds. The molecule has 0 unspecified atom stereocenters. The Bertz CT molecular complexity index is 1010. The maximum absolute atomic E-state index is 7.52. The van der Waals surface area contributed by atoms with Gasteiger partial charge >= 0.3 is 26.7 Å². The molecular formula is C32H92O10Si13. The van der Waals surface area contributed by atoms with Gasteiger partial charge in [0.1, 0.15) is 0 Å². The summed E-state index contributed by atoms with van der Waals surface area (Å²) in [5.74, 6) is 0. The van der Waals surface area contributed by atoms with Gasteiger partial charge in [-0.15, -0.1) is 0 Å². The van der Waals surface area contributed by atoms with Crippen LogP contribution in [-0.2, 0) is 41.2 Å². The maximum Gasteiger partial charge on any atom is 0.636 e. The highest BCUT2D eigenvalue weighted by atomic mass is 28.5. The Hall–Kier alpha value is 2.42. The Morgan fingerprint density at radius 3 is 0.509 bits per heavy atom. The van der Waals surface area contributed by atoms with Gasteiger partial charge < -0.3 is 41.2 Å². The van der Waals surface area contributed by atoms with Crippen molar-refractivity contribution in [2.45, 2.75) is 207 Å². The number of rotatable bonds is 26. The van der Waals surface area contributed by atoms with E-state index < -0.39 is 110 Å². The molecule has 55 heavy (non-hydrogen) atoms. The van der Waals surface area contributed by atoms with Gasteiger partial charge in [0.15, 0.2) is 83.2 Å². The largest absolute Gasteiger partial charge is 0.636 e. The first-order chi connectivity index (χ1) is 23.5. The van der Waals surface area contributed by atoms with Crippen LogP contribution in [0, 0.1) is 0 Å². The summed E-state index contributed by atoms with van der Waals surface area (Å²) in [7, 11) is -31.8. The third-order valence-electron chi connectivity index (χ3n) is 6.50. The van der Waals surface area contributed by atoms with Crippen molar-refractivity contribution in [3.63, 3.8) is 0 Å². The lowest BCUT2D eigenvalue weighted by Crippen LogP contribution is -2.67. The maximum atomic E-state index is 7.52. The second-order valence-corrected chi connectivity index (χ2v) is 79.0. The van der Waals surface area contributed by atoms with Gasteiger partial charge in [-0.05, 0) is 195 Å². The molecule has 0 bridgehead atoms. The second-order valence-electron chi connectivity index (χ2n) is 24.3. The van der Waals surface area contributed by atoms with Crippen LogP contribution in [0.25, 0.3) is 0 Å². The fourth-order valence-corrected chi connectivity index (χ4v) is 56.6. The fraction of sp³-hybridized carbons (Fsp3) is 1.00. The molecule has 10 nitrogen and oxygen atoms in total. The molecule has 0 saturated carbocycles. The molecule has 0 aromatic heterocycles. The minimum atomic E-state index is -3.73. The molecule has 0 aliphatic rings. The Balaban J connectivity index is 7.28. The molecule has 0 fully saturated rings. The minimum absolute atomic E-state index is 0.709. The van der Waals surface area contributed by atoms with E-state index in [0.717, 1.165) is 12.1 Å². The Labute approximate surface area is 356 Å². The molecule has 0 radical (unpaired) electrons. The van der Waals surface area contributed by atoms with Crippen molar-refractivity contribution in [3.8, 4) is 0 Å². The lowest BCUT2D eigenvalue weighted by atomic mass is 10.9. The smallest absolute Gasteiger partial charge is 0.417 e. The molecule has 0 heterocycles. The average molecular weight is 1000 g/mol. The van der Waals surface area contributed by atoms with Crippen molar-refractivity contribution in [3.05, 3.63) is 0 Å². The van der Waals surface area contributed by atoms with Crippen molar-refractivity contribution in [1.29, 1.82) is 0 Å². The Morgan fingerprint density at radius 1 is 0.200 bits per heavy atom. The molecule has 0 aromatic carbocycles. The number of hydrogen-bond acceptors (Lipinski definition) is 10. The minimum Gasteiger partial charge on any atom is -0.417 e. The van der Waals surface area contributed by atoms with Crippen LogP contribution in [0.2, 0.25) is 207 Å². The van der Waals surface area contributed by atoms with Crippen LogP contribution in [0.5, 0.6) is 0 Å². The van der Waals surface area contributed by atoms with Gasteiger partial charge in [-0.3, -0.25) is 0 Å². The van der Waals surface area contributed by atoms with E-state index in [2.05, 4.69) is 183 Å². The van der Waals surface area contributed by atoms with Crippen LogP contribution in [0.15, 0.2) is 0 Å². The van der Waals surface area contributed by atoms with E-state index in [1.165, 1.54) is 0 Å². The first-order valence-corrected chi connectivity index (χ1v) is 59.5. The third-order valence-corrected chi connectivity index (χ3v) is 47.6. The van der Waals surface area contributed by atoms with Gasteiger partial charge in [-0.2, -0.15) is 0 Å². The van der Waals surface area contributed by atoms with E-state index in [-0.39, 0.29) is 0 Å². The van der Waals surface area contributed by atoms with Gasteiger partial charge in [0.25, 0.3) is 0 Å². The van der Waals surface area contributed by atoms with Gasteiger partial charge in [0, 0.05) is 12.1 Å². The predicted molar refractivity (Wildman–Crippen MR) is 269 cm³/mol. The summed E-state index contributed by atoms with van der Waals surface area (Å²) < 4.78 is 72.0. The zero-order valence-electron chi connectivity index (χ0n) is 41.4. The monoisotopic (exact) mass is 1000 g/mol. The molecule has 23 heteroatoms. The topological polar surface area (TPSA) is 92.3 Å². The molecule has 0 rings (SSSR count). The lowest BCUT2D eigenvalue weighted by Gasteiger charge is -2.47.